The largest absolute Gasteiger partial charge is 0.488 e. The van der Waals surface area contributed by atoms with E-state index in [1.165, 1.54) is 6.42 Å². The molecule has 1 aromatic carbocycles. The van der Waals surface area contributed by atoms with Gasteiger partial charge >= 0.3 is 0 Å². The molecule has 4 heteroatoms. The van der Waals surface area contributed by atoms with Crippen LogP contribution >= 0.6 is 11.3 Å². The van der Waals surface area contributed by atoms with Crippen molar-refractivity contribution in [3.8, 4) is 5.75 Å². The molecule has 0 bridgehead atoms. The number of rotatable bonds is 4. The molecule has 1 fully saturated rings. The maximum atomic E-state index is 12.4. The standard InChI is InChI=1S/C18H21NO2S/c1-14-7-3-4-8-17(14)21-12-16-11-15(13-22-16)18(20)19-9-5-2-6-10-19/h3-4,7-8,11,13H,2,5-6,9-10,12H2,1H3. The number of likely N-dealkylation sites (tertiary alicyclic amines) is 1. The first kappa shape index (κ1) is 15.1. The van der Waals surface area contributed by atoms with E-state index in [0.29, 0.717) is 6.61 Å². The van der Waals surface area contributed by atoms with Crippen molar-refractivity contribution < 1.29 is 9.53 Å². The number of aryl methyl sites for hydroxylation is 1. The Morgan fingerprint density at radius 3 is 2.77 bits per heavy atom. The lowest BCUT2D eigenvalue weighted by Crippen LogP contribution is -2.35. The van der Waals surface area contributed by atoms with Crippen molar-refractivity contribution in [2.45, 2.75) is 32.8 Å². The number of hydrogen-bond donors (Lipinski definition) is 0. The molecule has 0 spiro atoms. The highest BCUT2D eigenvalue weighted by molar-refractivity contribution is 7.10. The first-order chi connectivity index (χ1) is 10.7. The van der Waals surface area contributed by atoms with E-state index < -0.39 is 0 Å². The molecule has 3 rings (SSSR count). The van der Waals surface area contributed by atoms with Crippen LogP contribution in [0, 0.1) is 6.92 Å². The minimum absolute atomic E-state index is 0.165. The second kappa shape index (κ2) is 6.97. The van der Waals surface area contributed by atoms with Crippen LogP contribution in [-0.4, -0.2) is 23.9 Å². The molecule has 116 valence electrons. The summed E-state index contributed by atoms with van der Waals surface area (Å²) in [5.41, 5.74) is 1.93. The number of nitrogens with zero attached hydrogens (tertiary/aromatic N) is 1. The van der Waals surface area contributed by atoms with Crippen LogP contribution in [0.1, 0.15) is 40.1 Å². The van der Waals surface area contributed by atoms with Crippen LogP contribution in [0.15, 0.2) is 35.7 Å². The summed E-state index contributed by atoms with van der Waals surface area (Å²) in [6.45, 7) is 4.34. The zero-order valence-electron chi connectivity index (χ0n) is 12.9. The minimum Gasteiger partial charge on any atom is -0.488 e. The number of amides is 1. The van der Waals surface area contributed by atoms with Gasteiger partial charge in [-0.1, -0.05) is 18.2 Å². The minimum atomic E-state index is 0.165. The SMILES string of the molecule is Cc1ccccc1OCc1cc(C(=O)N2CCCCC2)cs1. The average molecular weight is 315 g/mol. The van der Waals surface area contributed by atoms with Gasteiger partial charge in [-0.2, -0.15) is 0 Å². The van der Waals surface area contributed by atoms with E-state index in [9.17, 15) is 4.79 Å². The van der Waals surface area contributed by atoms with E-state index in [4.69, 9.17) is 4.74 Å². The molecule has 2 heterocycles. The van der Waals surface area contributed by atoms with Gasteiger partial charge in [-0.3, -0.25) is 4.79 Å². The molecule has 0 unspecified atom stereocenters. The van der Waals surface area contributed by atoms with Crippen LogP contribution in [0.25, 0.3) is 0 Å². The monoisotopic (exact) mass is 315 g/mol. The lowest BCUT2D eigenvalue weighted by Gasteiger charge is -2.26. The number of ether oxygens (including phenoxy) is 1. The number of piperidine rings is 1. The fraction of sp³-hybridized carbons (Fsp3) is 0.389. The first-order valence-electron chi connectivity index (χ1n) is 7.79. The summed E-state index contributed by atoms with van der Waals surface area (Å²) in [5, 5.41) is 1.95. The maximum absolute atomic E-state index is 12.4. The topological polar surface area (TPSA) is 29.5 Å². The first-order valence-corrected chi connectivity index (χ1v) is 8.67. The molecule has 22 heavy (non-hydrogen) atoms. The summed E-state index contributed by atoms with van der Waals surface area (Å²) < 4.78 is 5.85. The molecular formula is C18H21NO2S. The van der Waals surface area contributed by atoms with Crippen LogP contribution in [0.3, 0.4) is 0 Å². The van der Waals surface area contributed by atoms with Crippen molar-refractivity contribution in [3.05, 3.63) is 51.7 Å². The summed E-state index contributed by atoms with van der Waals surface area (Å²) in [4.78, 5) is 15.5. The third-order valence-corrected chi connectivity index (χ3v) is 4.92. The second-order valence-electron chi connectivity index (χ2n) is 5.71. The van der Waals surface area contributed by atoms with Crippen molar-refractivity contribution in [2.75, 3.05) is 13.1 Å². The number of para-hydroxylation sites is 1. The highest BCUT2D eigenvalue weighted by atomic mass is 32.1. The molecule has 2 aromatic rings. The Labute approximate surface area is 135 Å². The number of carbonyl (C=O) groups excluding carboxylic acids is 1. The quantitative estimate of drug-likeness (QED) is 0.843. The Bertz CT molecular complexity index is 644. The number of carbonyl (C=O) groups is 1. The van der Waals surface area contributed by atoms with Gasteiger partial charge in [-0.15, -0.1) is 11.3 Å². The van der Waals surface area contributed by atoms with Crippen molar-refractivity contribution >= 4 is 17.2 Å². The third kappa shape index (κ3) is 3.50. The van der Waals surface area contributed by atoms with Crippen LogP contribution in [0.5, 0.6) is 5.75 Å². The summed E-state index contributed by atoms with van der Waals surface area (Å²) in [6, 6.07) is 9.96. The van der Waals surface area contributed by atoms with Gasteiger partial charge in [0, 0.05) is 23.3 Å². The smallest absolute Gasteiger partial charge is 0.254 e. The van der Waals surface area contributed by atoms with Gasteiger partial charge in [0.05, 0.1) is 5.56 Å². The maximum Gasteiger partial charge on any atom is 0.254 e. The highest BCUT2D eigenvalue weighted by Crippen LogP contribution is 2.22. The van der Waals surface area contributed by atoms with E-state index in [1.54, 1.807) is 11.3 Å². The average Bonchev–Trinajstić information content (AvgIpc) is 3.03. The Morgan fingerprint density at radius 1 is 1.23 bits per heavy atom. The van der Waals surface area contributed by atoms with E-state index in [2.05, 4.69) is 0 Å². The lowest BCUT2D eigenvalue weighted by atomic mass is 10.1. The molecule has 0 N–H and O–H groups in total. The number of hydrogen-bond acceptors (Lipinski definition) is 3. The highest BCUT2D eigenvalue weighted by Gasteiger charge is 2.19. The molecule has 1 aliphatic heterocycles. The van der Waals surface area contributed by atoms with Gasteiger partial charge in [-0.05, 0) is 43.9 Å². The van der Waals surface area contributed by atoms with Gasteiger partial charge in [0.1, 0.15) is 12.4 Å². The van der Waals surface area contributed by atoms with Crippen LogP contribution in [-0.2, 0) is 6.61 Å². The zero-order valence-corrected chi connectivity index (χ0v) is 13.7. The van der Waals surface area contributed by atoms with Gasteiger partial charge in [0.2, 0.25) is 0 Å². The molecule has 0 aliphatic carbocycles. The van der Waals surface area contributed by atoms with Gasteiger partial charge in [-0.25, -0.2) is 0 Å². The van der Waals surface area contributed by atoms with Gasteiger partial charge in [0.25, 0.3) is 5.91 Å². The fourth-order valence-corrected chi connectivity index (χ4v) is 3.48. The van der Waals surface area contributed by atoms with Crippen molar-refractivity contribution in [2.24, 2.45) is 0 Å². The number of benzene rings is 1. The Hall–Kier alpha value is -1.81. The number of thiophene rings is 1. The summed E-state index contributed by atoms with van der Waals surface area (Å²) in [5.74, 6) is 1.07. The molecule has 0 atom stereocenters. The summed E-state index contributed by atoms with van der Waals surface area (Å²) in [6.07, 6.45) is 3.49. The van der Waals surface area contributed by atoms with E-state index in [-0.39, 0.29) is 5.91 Å². The molecule has 0 radical (unpaired) electrons. The Morgan fingerprint density at radius 2 is 2.00 bits per heavy atom. The van der Waals surface area contributed by atoms with Crippen molar-refractivity contribution in [1.29, 1.82) is 0 Å². The second-order valence-corrected chi connectivity index (χ2v) is 6.70. The Balaban J connectivity index is 1.61. The summed E-state index contributed by atoms with van der Waals surface area (Å²) in [7, 11) is 0. The van der Waals surface area contributed by atoms with Crippen molar-refractivity contribution in [3.63, 3.8) is 0 Å². The van der Waals surface area contributed by atoms with Gasteiger partial charge < -0.3 is 9.64 Å². The molecule has 0 saturated carbocycles. The molecule has 1 aromatic heterocycles. The predicted molar refractivity (Wildman–Crippen MR) is 89.6 cm³/mol. The molecule has 3 nitrogen and oxygen atoms in total. The Kier molecular flexibility index (Phi) is 4.78. The van der Waals surface area contributed by atoms with Crippen LogP contribution in [0.2, 0.25) is 0 Å². The van der Waals surface area contributed by atoms with Crippen LogP contribution < -0.4 is 4.74 Å². The van der Waals surface area contributed by atoms with E-state index in [0.717, 1.165) is 47.7 Å². The van der Waals surface area contributed by atoms with Crippen molar-refractivity contribution in [1.82, 2.24) is 4.90 Å². The molecule has 1 saturated heterocycles. The lowest BCUT2D eigenvalue weighted by molar-refractivity contribution is 0.0725. The zero-order chi connectivity index (χ0) is 15.4. The van der Waals surface area contributed by atoms with E-state index >= 15 is 0 Å². The fourth-order valence-electron chi connectivity index (χ4n) is 2.72. The normalized spacial score (nSPS) is 14.9. The third-order valence-electron chi connectivity index (χ3n) is 4.01. The van der Waals surface area contributed by atoms with Crippen LogP contribution in [0.4, 0.5) is 0 Å². The van der Waals surface area contributed by atoms with Gasteiger partial charge in [0.15, 0.2) is 0 Å². The van der Waals surface area contributed by atoms with E-state index in [1.807, 2.05) is 47.5 Å². The summed E-state index contributed by atoms with van der Waals surface area (Å²) >= 11 is 1.59. The predicted octanol–water partition coefficient (Wildman–Crippen LogP) is 4.26. The molecular weight excluding hydrogens is 294 g/mol. The molecule has 1 amide bonds. The molecule has 1 aliphatic rings.